The van der Waals surface area contributed by atoms with Crippen LogP contribution in [-0.2, 0) is 20.1 Å². The SMILES string of the molecule is COc1ccnc(C2=[C-]C(F)(F)C(F)(F)C2(F)F)c1.[Ir]. The topological polar surface area (TPSA) is 22.1 Å². The van der Waals surface area contributed by atoms with E-state index in [1.54, 1.807) is 0 Å². The van der Waals surface area contributed by atoms with Crippen molar-refractivity contribution in [1.82, 2.24) is 4.98 Å². The first kappa shape index (κ1) is 17.0. The smallest absolute Gasteiger partial charge is 0.360 e. The van der Waals surface area contributed by atoms with Gasteiger partial charge in [0.1, 0.15) is 5.75 Å². The molecule has 1 aliphatic carbocycles. The molecule has 0 amide bonds. The Hall–Kier alpha value is -1.08. The standard InChI is InChI=1S/C11H6F6NO.Ir/c1-19-6-2-3-18-8(4-6)7-5-9(12,13)11(16,17)10(7,14)15;/h2-4H,1H3;/q-1;. The van der Waals surface area contributed by atoms with Crippen molar-refractivity contribution in [3.8, 4) is 5.75 Å². The van der Waals surface area contributed by atoms with E-state index < -0.39 is 29.0 Å². The Morgan fingerprint density at radius 3 is 2.20 bits per heavy atom. The fraction of sp³-hybridized carbons (Fsp3) is 0.364. The molecule has 0 atom stereocenters. The number of hydrogen-bond donors (Lipinski definition) is 0. The van der Waals surface area contributed by atoms with Gasteiger partial charge < -0.3 is 9.72 Å². The molecule has 0 fully saturated rings. The molecule has 1 aromatic rings. The number of allylic oxidation sites excluding steroid dienone is 2. The van der Waals surface area contributed by atoms with Crippen LogP contribution in [-0.4, -0.2) is 29.9 Å². The molecule has 2 rings (SSSR count). The molecule has 0 bridgehead atoms. The largest absolute Gasteiger partial charge is 0.498 e. The van der Waals surface area contributed by atoms with Gasteiger partial charge in [0.25, 0.3) is 5.92 Å². The van der Waals surface area contributed by atoms with E-state index in [0.29, 0.717) is 0 Å². The second kappa shape index (κ2) is 5.03. The molecule has 0 saturated heterocycles. The summed E-state index contributed by atoms with van der Waals surface area (Å²) in [6.45, 7) is 0. The molecule has 1 aliphatic rings. The average Bonchev–Trinajstić information content (AvgIpc) is 2.47. The molecular weight excluding hydrogens is 468 g/mol. The average molecular weight is 474 g/mol. The van der Waals surface area contributed by atoms with Crippen molar-refractivity contribution in [2.45, 2.75) is 17.8 Å². The minimum atomic E-state index is -5.54. The van der Waals surface area contributed by atoms with Crippen molar-refractivity contribution in [3.63, 3.8) is 0 Å². The Balaban J connectivity index is 0.00000200. The molecule has 0 aromatic carbocycles. The monoisotopic (exact) mass is 475 g/mol. The maximum atomic E-state index is 13.4. The van der Waals surface area contributed by atoms with Gasteiger partial charge in [0.2, 0.25) is 0 Å². The van der Waals surface area contributed by atoms with Crippen LogP contribution in [0.1, 0.15) is 5.69 Å². The molecule has 0 N–H and O–H groups in total. The Morgan fingerprint density at radius 1 is 1.15 bits per heavy atom. The molecule has 1 aromatic heterocycles. The minimum Gasteiger partial charge on any atom is -0.498 e. The van der Waals surface area contributed by atoms with Gasteiger partial charge in [-0.25, -0.2) is 8.78 Å². The maximum Gasteiger partial charge on any atom is 0.360 e. The van der Waals surface area contributed by atoms with Crippen molar-refractivity contribution >= 4 is 5.57 Å². The van der Waals surface area contributed by atoms with E-state index >= 15 is 0 Å². The first-order valence-electron chi connectivity index (χ1n) is 4.93. The van der Waals surface area contributed by atoms with Crippen LogP contribution < -0.4 is 4.74 Å². The third kappa shape index (κ3) is 2.22. The maximum absolute atomic E-state index is 13.4. The van der Waals surface area contributed by atoms with Gasteiger partial charge >= 0.3 is 11.8 Å². The fourth-order valence-corrected chi connectivity index (χ4v) is 1.57. The number of halogens is 6. The molecule has 0 aliphatic heterocycles. The summed E-state index contributed by atoms with van der Waals surface area (Å²) >= 11 is 0. The summed E-state index contributed by atoms with van der Waals surface area (Å²) in [5, 5.41) is 0. The summed E-state index contributed by atoms with van der Waals surface area (Å²) < 4.78 is 83.3. The zero-order chi connectivity index (χ0) is 14.5. The van der Waals surface area contributed by atoms with Gasteiger partial charge in [-0.3, -0.25) is 0 Å². The van der Waals surface area contributed by atoms with E-state index in [0.717, 1.165) is 18.3 Å². The summed E-state index contributed by atoms with van der Waals surface area (Å²) in [5.74, 6) is -15.6. The van der Waals surface area contributed by atoms with Crippen molar-refractivity contribution in [3.05, 3.63) is 30.1 Å². The van der Waals surface area contributed by atoms with E-state index in [1.165, 1.54) is 13.2 Å². The van der Waals surface area contributed by atoms with Crippen LogP contribution in [0.25, 0.3) is 5.57 Å². The number of nitrogens with zero attached hydrogens (tertiary/aromatic N) is 1. The van der Waals surface area contributed by atoms with Gasteiger partial charge in [0, 0.05) is 26.3 Å². The van der Waals surface area contributed by atoms with Crippen LogP contribution in [0.2, 0.25) is 0 Å². The van der Waals surface area contributed by atoms with Gasteiger partial charge in [-0.05, 0) is 6.07 Å². The molecule has 1 heterocycles. The van der Waals surface area contributed by atoms with Crippen molar-refractivity contribution < 1.29 is 51.2 Å². The Morgan fingerprint density at radius 2 is 1.75 bits per heavy atom. The summed E-state index contributed by atoms with van der Waals surface area (Å²) in [5.41, 5.74) is -2.37. The number of aromatic nitrogens is 1. The van der Waals surface area contributed by atoms with E-state index in [-0.39, 0.29) is 25.9 Å². The molecule has 0 spiro atoms. The number of rotatable bonds is 2. The number of ether oxygens (including phenoxy) is 1. The molecule has 0 unspecified atom stereocenters. The van der Waals surface area contributed by atoms with Gasteiger partial charge in [-0.15, -0.1) is 5.57 Å². The zero-order valence-corrected chi connectivity index (χ0v) is 12.1. The zero-order valence-electron chi connectivity index (χ0n) is 9.69. The summed E-state index contributed by atoms with van der Waals surface area (Å²) in [6, 6.07) is 2.11. The Labute approximate surface area is 123 Å². The summed E-state index contributed by atoms with van der Waals surface area (Å²) in [4.78, 5) is 3.37. The van der Waals surface area contributed by atoms with Crippen molar-refractivity contribution in [2.24, 2.45) is 0 Å². The summed E-state index contributed by atoms with van der Waals surface area (Å²) in [6.07, 6.45) is 1.82. The molecule has 1 radical (unpaired) electrons. The predicted molar refractivity (Wildman–Crippen MR) is 52.3 cm³/mol. The van der Waals surface area contributed by atoms with Crippen LogP contribution >= 0.6 is 0 Å². The van der Waals surface area contributed by atoms with E-state index in [1.807, 2.05) is 0 Å². The normalized spacial score (nSPS) is 21.9. The fourth-order valence-electron chi connectivity index (χ4n) is 1.57. The third-order valence-corrected chi connectivity index (χ3v) is 2.61. The van der Waals surface area contributed by atoms with Crippen LogP contribution in [0.15, 0.2) is 18.3 Å². The van der Waals surface area contributed by atoms with Crippen LogP contribution in [0.5, 0.6) is 5.75 Å². The van der Waals surface area contributed by atoms with Crippen LogP contribution in [0.3, 0.4) is 0 Å². The van der Waals surface area contributed by atoms with Crippen LogP contribution in [0.4, 0.5) is 26.3 Å². The van der Waals surface area contributed by atoms with Gasteiger partial charge in [0.05, 0.1) is 7.11 Å². The molecule has 0 saturated carbocycles. The second-order valence-corrected chi connectivity index (χ2v) is 3.80. The first-order chi connectivity index (χ1) is 8.63. The van der Waals surface area contributed by atoms with Crippen molar-refractivity contribution in [2.75, 3.05) is 7.11 Å². The predicted octanol–water partition coefficient (Wildman–Crippen LogP) is 3.19. The van der Waals surface area contributed by atoms with E-state index in [2.05, 4.69) is 9.72 Å². The molecular formula is C11H6F6IrNO-. The quantitative estimate of drug-likeness (QED) is 0.486. The van der Waals surface area contributed by atoms with Gasteiger partial charge in [-0.2, -0.15) is 23.6 Å². The molecule has 2 nitrogen and oxygen atoms in total. The minimum absolute atomic E-state index is 0. The Bertz CT molecular complexity index is 545. The number of alkyl halides is 6. The summed E-state index contributed by atoms with van der Waals surface area (Å²) in [7, 11) is 1.20. The molecule has 9 heteroatoms. The number of methoxy groups -OCH3 is 1. The third-order valence-electron chi connectivity index (χ3n) is 2.61. The van der Waals surface area contributed by atoms with Gasteiger partial charge in [0.15, 0.2) is 0 Å². The van der Waals surface area contributed by atoms with E-state index in [4.69, 9.17) is 0 Å². The molecule has 20 heavy (non-hydrogen) atoms. The first-order valence-corrected chi connectivity index (χ1v) is 4.93. The number of pyridine rings is 1. The second-order valence-electron chi connectivity index (χ2n) is 3.80. The molecule has 113 valence electrons. The van der Waals surface area contributed by atoms with Gasteiger partial charge in [-0.1, -0.05) is 11.8 Å². The number of hydrogen-bond acceptors (Lipinski definition) is 2. The van der Waals surface area contributed by atoms with Crippen LogP contribution in [0, 0.1) is 6.08 Å². The van der Waals surface area contributed by atoms with Crippen molar-refractivity contribution in [1.29, 1.82) is 0 Å². The van der Waals surface area contributed by atoms with E-state index in [9.17, 15) is 26.3 Å². The Kier molecular flexibility index (Phi) is 4.27.